The summed E-state index contributed by atoms with van der Waals surface area (Å²) in [6.45, 7) is 4.24. The molecule has 5 unspecified atom stereocenters. The van der Waals surface area contributed by atoms with Crippen LogP contribution in [0.4, 0.5) is 5.13 Å². The van der Waals surface area contributed by atoms with E-state index in [1.807, 2.05) is 6.92 Å². The molecule has 2 fully saturated rings. The molecule has 0 spiro atoms. The van der Waals surface area contributed by atoms with Crippen molar-refractivity contribution >= 4 is 28.3 Å². The second kappa shape index (κ2) is 8.44. The highest BCUT2D eigenvalue weighted by molar-refractivity contribution is 7.15. The van der Waals surface area contributed by atoms with Gasteiger partial charge in [0.1, 0.15) is 0 Å². The Kier molecular flexibility index (Phi) is 6.12. The molecule has 3 aliphatic carbocycles. The summed E-state index contributed by atoms with van der Waals surface area (Å²) >= 11 is 1.46. The third kappa shape index (κ3) is 3.85. The molecule has 1 aromatic rings. The maximum atomic E-state index is 13.0. The van der Waals surface area contributed by atoms with Gasteiger partial charge in [-0.3, -0.25) is 9.59 Å². The molecule has 1 aromatic heterocycles. The van der Waals surface area contributed by atoms with Gasteiger partial charge in [-0.1, -0.05) is 19.8 Å². The van der Waals surface area contributed by atoms with Crippen LogP contribution in [0.3, 0.4) is 0 Å². The normalized spacial score (nSPS) is 33.6. The zero-order chi connectivity index (χ0) is 23.3. The number of aromatic nitrogens is 1. The molecule has 1 heterocycles. The lowest BCUT2D eigenvalue weighted by molar-refractivity contribution is -0.146. The molecule has 32 heavy (non-hydrogen) atoms. The lowest BCUT2D eigenvalue weighted by Gasteiger charge is -2.58. The van der Waals surface area contributed by atoms with Crippen LogP contribution in [0.2, 0.25) is 0 Å². The minimum atomic E-state index is -0.669. The summed E-state index contributed by atoms with van der Waals surface area (Å²) in [7, 11) is 1.70. The SMILES string of the molecule is C#CCN(C)C(=O)CC1c2nc(NC(=O)C3CC3)sc2CC2C(C)(CO)C(O)CCC12C. The molecule has 0 aromatic carbocycles. The summed E-state index contributed by atoms with van der Waals surface area (Å²) in [6, 6.07) is 0. The fourth-order valence-electron chi connectivity index (χ4n) is 5.81. The number of fused-ring (bicyclic) bond motifs is 2. The van der Waals surface area contributed by atoms with Gasteiger partial charge in [0.15, 0.2) is 5.13 Å². The van der Waals surface area contributed by atoms with Gasteiger partial charge in [-0.2, -0.15) is 0 Å². The van der Waals surface area contributed by atoms with Gasteiger partial charge in [-0.05, 0) is 43.4 Å². The largest absolute Gasteiger partial charge is 0.396 e. The number of rotatable bonds is 6. The number of thiazole rings is 1. The third-order valence-electron chi connectivity index (χ3n) is 8.20. The Bertz CT molecular complexity index is 952. The van der Waals surface area contributed by atoms with E-state index in [4.69, 9.17) is 11.4 Å². The van der Waals surface area contributed by atoms with Crippen LogP contribution in [0.1, 0.15) is 62.4 Å². The van der Waals surface area contributed by atoms with Gasteiger partial charge < -0.3 is 20.4 Å². The molecule has 0 radical (unpaired) electrons. The van der Waals surface area contributed by atoms with Crippen molar-refractivity contribution in [2.45, 2.75) is 64.4 Å². The number of hydrogen-bond acceptors (Lipinski definition) is 6. The number of terminal acetylenes is 1. The fourth-order valence-corrected chi connectivity index (χ4v) is 6.88. The Labute approximate surface area is 193 Å². The molecule has 0 saturated heterocycles. The van der Waals surface area contributed by atoms with E-state index < -0.39 is 11.5 Å². The van der Waals surface area contributed by atoms with E-state index in [1.54, 1.807) is 11.9 Å². The zero-order valence-electron chi connectivity index (χ0n) is 19.1. The van der Waals surface area contributed by atoms with Crippen LogP contribution in [0, 0.1) is 35.0 Å². The predicted molar refractivity (Wildman–Crippen MR) is 123 cm³/mol. The second-order valence-corrected chi connectivity index (χ2v) is 11.4. The van der Waals surface area contributed by atoms with Gasteiger partial charge in [0.2, 0.25) is 11.8 Å². The van der Waals surface area contributed by atoms with Crippen LogP contribution in [0.15, 0.2) is 0 Å². The van der Waals surface area contributed by atoms with E-state index in [1.165, 1.54) is 11.3 Å². The molecule has 3 N–H and O–H groups in total. The molecular formula is C24H33N3O4S. The molecule has 7 nitrogen and oxygen atoms in total. The molecular weight excluding hydrogens is 426 g/mol. The molecule has 8 heteroatoms. The van der Waals surface area contributed by atoms with Crippen LogP contribution >= 0.6 is 11.3 Å². The Morgan fingerprint density at radius 3 is 2.69 bits per heavy atom. The number of carbonyl (C=O) groups excluding carboxylic acids is 2. The maximum absolute atomic E-state index is 13.0. The molecule has 2 amide bonds. The van der Waals surface area contributed by atoms with E-state index in [-0.39, 0.29) is 54.6 Å². The first-order chi connectivity index (χ1) is 15.1. The van der Waals surface area contributed by atoms with E-state index >= 15 is 0 Å². The van der Waals surface area contributed by atoms with Crippen LogP contribution in [0.5, 0.6) is 0 Å². The number of nitrogens with zero attached hydrogens (tertiary/aromatic N) is 2. The Hall–Kier alpha value is -1.95. The minimum absolute atomic E-state index is 0.0109. The van der Waals surface area contributed by atoms with E-state index in [0.717, 1.165) is 29.8 Å². The number of hydrogen-bond donors (Lipinski definition) is 3. The van der Waals surface area contributed by atoms with Gasteiger partial charge >= 0.3 is 0 Å². The third-order valence-corrected chi connectivity index (χ3v) is 9.21. The smallest absolute Gasteiger partial charge is 0.229 e. The lowest BCUT2D eigenvalue weighted by Crippen LogP contribution is -2.57. The topological polar surface area (TPSA) is 103 Å². The summed E-state index contributed by atoms with van der Waals surface area (Å²) in [4.78, 5) is 32.8. The number of aliphatic hydroxyl groups excluding tert-OH is 2. The van der Waals surface area contributed by atoms with Crippen LogP contribution in [-0.2, 0) is 16.0 Å². The lowest BCUT2D eigenvalue weighted by atomic mass is 9.47. The number of aliphatic hydroxyl groups is 2. The average molecular weight is 460 g/mol. The minimum Gasteiger partial charge on any atom is -0.396 e. The summed E-state index contributed by atoms with van der Waals surface area (Å²) in [5.41, 5.74) is -0.112. The highest BCUT2D eigenvalue weighted by Gasteiger charge is 2.59. The summed E-state index contributed by atoms with van der Waals surface area (Å²) in [5, 5.41) is 24.7. The van der Waals surface area contributed by atoms with Gasteiger partial charge in [0.05, 0.1) is 24.9 Å². The van der Waals surface area contributed by atoms with Gasteiger partial charge in [-0.15, -0.1) is 17.8 Å². The molecule has 2 saturated carbocycles. The second-order valence-electron chi connectivity index (χ2n) is 10.3. The highest BCUT2D eigenvalue weighted by atomic mass is 32.1. The van der Waals surface area contributed by atoms with Crippen molar-refractivity contribution in [3.63, 3.8) is 0 Å². The summed E-state index contributed by atoms with van der Waals surface area (Å²) in [5.74, 6) is 2.37. The van der Waals surface area contributed by atoms with Crippen LogP contribution < -0.4 is 5.32 Å². The maximum Gasteiger partial charge on any atom is 0.229 e. The standard InChI is InChI=1S/C24H33N3O4S/c1-5-10-27(4)19(30)11-15-20-16(32-22(25-20)26-21(31)14-6-7-14)12-17-23(15,2)9-8-18(29)24(17,3)13-28/h1,14-15,17-18,28-29H,6-13H2,2-4H3,(H,25,26,31). The van der Waals surface area contributed by atoms with Gasteiger partial charge in [0, 0.05) is 35.6 Å². The average Bonchev–Trinajstić information content (AvgIpc) is 3.54. The van der Waals surface area contributed by atoms with Crippen LogP contribution in [-0.4, -0.2) is 58.2 Å². The Balaban J connectivity index is 1.72. The predicted octanol–water partition coefficient (Wildman–Crippen LogP) is 2.39. The molecule has 174 valence electrons. The summed E-state index contributed by atoms with van der Waals surface area (Å²) in [6.07, 6.45) is 8.88. The number of nitrogens with one attached hydrogen (secondary N) is 1. The number of anilines is 1. The van der Waals surface area contributed by atoms with E-state index in [0.29, 0.717) is 18.0 Å². The molecule has 0 bridgehead atoms. The van der Waals surface area contributed by atoms with Crippen molar-refractivity contribution in [3.8, 4) is 12.3 Å². The zero-order valence-corrected chi connectivity index (χ0v) is 19.9. The van der Waals surface area contributed by atoms with Crippen molar-refractivity contribution in [1.82, 2.24) is 9.88 Å². The number of amides is 2. The van der Waals surface area contributed by atoms with Crippen molar-refractivity contribution in [2.24, 2.45) is 22.7 Å². The fraction of sp³-hybridized carbons (Fsp3) is 0.708. The molecule has 4 rings (SSSR count). The van der Waals surface area contributed by atoms with Crippen molar-refractivity contribution in [2.75, 3.05) is 25.5 Å². The highest BCUT2D eigenvalue weighted by Crippen LogP contribution is 2.62. The van der Waals surface area contributed by atoms with Crippen molar-refractivity contribution in [3.05, 3.63) is 10.6 Å². The monoisotopic (exact) mass is 459 g/mol. The first-order valence-corrected chi connectivity index (χ1v) is 12.2. The van der Waals surface area contributed by atoms with Crippen molar-refractivity contribution < 1.29 is 19.8 Å². The first kappa shape index (κ1) is 23.2. The van der Waals surface area contributed by atoms with Gasteiger partial charge in [-0.25, -0.2) is 4.98 Å². The first-order valence-electron chi connectivity index (χ1n) is 11.4. The molecule has 3 aliphatic rings. The van der Waals surface area contributed by atoms with Gasteiger partial charge in [0.25, 0.3) is 0 Å². The van der Waals surface area contributed by atoms with Crippen molar-refractivity contribution in [1.29, 1.82) is 0 Å². The Morgan fingerprint density at radius 1 is 1.34 bits per heavy atom. The molecule has 0 aliphatic heterocycles. The molecule has 5 atom stereocenters. The van der Waals surface area contributed by atoms with E-state index in [2.05, 4.69) is 18.2 Å². The number of carbonyl (C=O) groups is 2. The summed E-state index contributed by atoms with van der Waals surface area (Å²) < 4.78 is 0. The quantitative estimate of drug-likeness (QED) is 0.567. The van der Waals surface area contributed by atoms with Crippen LogP contribution in [0.25, 0.3) is 0 Å². The van der Waals surface area contributed by atoms with E-state index in [9.17, 15) is 19.8 Å². The Morgan fingerprint density at radius 2 is 2.06 bits per heavy atom.